The molecule has 0 saturated carbocycles. The van der Waals surface area contributed by atoms with Gasteiger partial charge < -0.3 is 30.9 Å². The summed E-state index contributed by atoms with van der Waals surface area (Å²) in [6.45, 7) is 5.47. The Bertz CT molecular complexity index is 1630. The first kappa shape index (κ1) is 35.6. The summed E-state index contributed by atoms with van der Waals surface area (Å²) in [4.78, 5) is 24.2. The summed E-state index contributed by atoms with van der Waals surface area (Å²) in [6, 6.07) is 15.9. The fourth-order valence-electron chi connectivity index (χ4n) is 4.20. The van der Waals surface area contributed by atoms with Crippen molar-refractivity contribution in [2.45, 2.75) is 45.0 Å². The second kappa shape index (κ2) is 15.4. The van der Waals surface area contributed by atoms with E-state index in [1.54, 1.807) is 49.5 Å². The van der Waals surface area contributed by atoms with Gasteiger partial charge in [-0.25, -0.2) is 0 Å². The molecule has 0 heterocycles. The zero-order chi connectivity index (χ0) is 34.1. The molecule has 1 aliphatic carbocycles. The lowest BCUT2D eigenvalue weighted by Crippen LogP contribution is -2.41. The van der Waals surface area contributed by atoms with Crippen LogP contribution >= 0.6 is 11.6 Å². The van der Waals surface area contributed by atoms with Crippen molar-refractivity contribution in [3.63, 3.8) is 0 Å². The van der Waals surface area contributed by atoms with Crippen LogP contribution in [-0.2, 0) is 20.5 Å². The Morgan fingerprint density at radius 1 is 0.978 bits per heavy atom. The number of allylic oxidation sites excluding steroid dienone is 2. The topological polar surface area (TPSA) is 120 Å². The number of benzene rings is 3. The maximum Gasteiger partial charge on any atom is 0.416 e. The molecule has 5 N–H and O–H groups in total. The van der Waals surface area contributed by atoms with Crippen molar-refractivity contribution >= 4 is 29.6 Å². The largest absolute Gasteiger partial charge is 0.504 e. The number of anilines is 1. The number of carbonyl (C=O) groups excluding carboxylic acids is 2. The summed E-state index contributed by atoms with van der Waals surface area (Å²) in [7, 11) is 1.74. The van der Waals surface area contributed by atoms with Crippen molar-refractivity contribution in [1.82, 2.24) is 10.6 Å². The molecule has 12 heteroatoms. The minimum atomic E-state index is -4.48. The summed E-state index contributed by atoms with van der Waals surface area (Å²) >= 11 is 6.19. The highest BCUT2D eigenvalue weighted by Gasteiger charge is 2.31. The number of phenolic OH excluding ortho intramolecular Hbond substituents is 2. The van der Waals surface area contributed by atoms with Crippen LogP contribution in [-0.4, -0.2) is 35.1 Å². The normalized spacial score (nSPS) is 13.8. The lowest BCUT2D eigenvalue weighted by molar-refractivity contribution is -0.137. The Balaban J connectivity index is 0.000000489. The number of amides is 2. The molecule has 244 valence electrons. The van der Waals surface area contributed by atoms with E-state index >= 15 is 0 Å². The first-order valence-electron chi connectivity index (χ1n) is 14.0. The molecule has 1 aliphatic rings. The fraction of sp³-hybridized carbons (Fsp3) is 0.235. The number of ether oxygens (including phenoxy) is 1. The van der Waals surface area contributed by atoms with E-state index < -0.39 is 29.3 Å². The molecule has 1 atom stereocenters. The number of nitrogens with one attached hydrogen (secondary N) is 3. The second-order valence-electron chi connectivity index (χ2n) is 11.1. The highest BCUT2D eigenvalue weighted by atomic mass is 35.5. The standard InChI is InChI=1S/C27H26ClF3N2O3.C7H9NO2/c1-26(2,3)33-25(35)22-15-21(32-16-34)8-5-9-23(22)36-24(18-6-4-7-20(28)14-18)17-10-12-19(13-11-17)27(29,30)31;1-8-5-2-3-6(9)7(10)4-5/h4-7,9-16,24H,8H2,1-3H3,(H,32,34)(H,33,35);2-4,8-10H,1H3. The number of carbonyl (C=O) groups is 2. The van der Waals surface area contributed by atoms with Crippen LogP contribution in [0.5, 0.6) is 11.5 Å². The van der Waals surface area contributed by atoms with Crippen molar-refractivity contribution in [2.75, 3.05) is 12.4 Å². The molecule has 4 rings (SSSR count). The van der Waals surface area contributed by atoms with Gasteiger partial charge in [0.25, 0.3) is 5.91 Å². The van der Waals surface area contributed by atoms with Gasteiger partial charge in [-0.05, 0) is 80.4 Å². The Kier molecular flexibility index (Phi) is 11.9. The maximum atomic E-state index is 13.2. The van der Waals surface area contributed by atoms with Gasteiger partial charge in [0.1, 0.15) is 11.9 Å². The molecule has 0 fully saturated rings. The smallest absolute Gasteiger partial charge is 0.416 e. The Morgan fingerprint density at radius 2 is 1.67 bits per heavy atom. The molecule has 46 heavy (non-hydrogen) atoms. The van der Waals surface area contributed by atoms with Crippen LogP contribution in [0.3, 0.4) is 0 Å². The molecular formula is C34H35ClF3N3O5. The number of halogens is 4. The quantitative estimate of drug-likeness (QED) is 0.0981. The molecule has 0 radical (unpaired) electrons. The predicted octanol–water partition coefficient (Wildman–Crippen LogP) is 7.36. The van der Waals surface area contributed by atoms with Gasteiger partial charge in [-0.3, -0.25) is 9.59 Å². The second-order valence-corrected chi connectivity index (χ2v) is 11.6. The number of aromatic hydroxyl groups is 2. The molecule has 0 saturated heterocycles. The van der Waals surface area contributed by atoms with Crippen LogP contribution < -0.4 is 16.0 Å². The average Bonchev–Trinajstić information content (AvgIpc) is 3.18. The minimum Gasteiger partial charge on any atom is -0.504 e. The van der Waals surface area contributed by atoms with Gasteiger partial charge in [0.15, 0.2) is 11.5 Å². The molecule has 1 unspecified atom stereocenters. The molecule has 0 aromatic heterocycles. The Labute approximate surface area is 270 Å². The van der Waals surface area contributed by atoms with Gasteiger partial charge in [0.05, 0.1) is 11.1 Å². The van der Waals surface area contributed by atoms with Crippen molar-refractivity contribution in [3.8, 4) is 11.5 Å². The van der Waals surface area contributed by atoms with E-state index in [2.05, 4.69) is 16.0 Å². The van der Waals surface area contributed by atoms with Crippen LogP contribution in [0.1, 0.15) is 50.0 Å². The molecule has 8 nitrogen and oxygen atoms in total. The number of alkyl halides is 3. The first-order valence-corrected chi connectivity index (χ1v) is 14.4. The van der Waals surface area contributed by atoms with Crippen molar-refractivity contribution in [1.29, 1.82) is 0 Å². The monoisotopic (exact) mass is 657 g/mol. The Morgan fingerprint density at radius 3 is 2.24 bits per heavy atom. The summed E-state index contributed by atoms with van der Waals surface area (Å²) in [6.07, 6.45) is 0.333. The third-order valence-electron chi connectivity index (χ3n) is 6.37. The van der Waals surface area contributed by atoms with Crippen molar-refractivity contribution in [3.05, 3.63) is 124 Å². The van der Waals surface area contributed by atoms with Crippen LogP contribution in [0.2, 0.25) is 5.02 Å². The molecular weight excluding hydrogens is 623 g/mol. The van der Waals surface area contributed by atoms with Gasteiger partial charge in [0.2, 0.25) is 6.41 Å². The van der Waals surface area contributed by atoms with E-state index in [0.29, 0.717) is 34.7 Å². The van der Waals surface area contributed by atoms with Crippen LogP contribution in [0.25, 0.3) is 0 Å². The highest BCUT2D eigenvalue weighted by Crippen LogP contribution is 2.35. The van der Waals surface area contributed by atoms with Crippen molar-refractivity contribution < 1.29 is 37.7 Å². The predicted molar refractivity (Wildman–Crippen MR) is 171 cm³/mol. The number of hydrogen-bond acceptors (Lipinski definition) is 6. The molecule has 0 bridgehead atoms. The van der Waals surface area contributed by atoms with E-state index in [-0.39, 0.29) is 22.8 Å². The van der Waals surface area contributed by atoms with E-state index in [0.717, 1.165) is 17.8 Å². The van der Waals surface area contributed by atoms with Crippen molar-refractivity contribution in [2.24, 2.45) is 0 Å². The van der Waals surface area contributed by atoms with E-state index in [1.807, 2.05) is 20.8 Å². The zero-order valence-corrected chi connectivity index (χ0v) is 26.3. The van der Waals surface area contributed by atoms with Crippen LogP contribution in [0, 0.1) is 0 Å². The molecule has 0 aliphatic heterocycles. The Hall–Kier alpha value is -4.90. The van der Waals surface area contributed by atoms with E-state index in [4.69, 9.17) is 26.6 Å². The lowest BCUT2D eigenvalue weighted by atomic mass is 9.99. The average molecular weight is 658 g/mol. The summed E-state index contributed by atoms with van der Waals surface area (Å²) in [5.41, 5.74) is 1.07. The van der Waals surface area contributed by atoms with Crippen LogP contribution in [0.4, 0.5) is 18.9 Å². The SMILES string of the molecule is CC(C)(C)NC(=O)C1=C(OC(c2ccc(C(F)(F)F)cc2)c2cccc(Cl)c2)C=CCC(NC=O)=C1.CNc1ccc(O)c(O)c1. The third-order valence-corrected chi connectivity index (χ3v) is 6.60. The number of phenols is 2. The lowest BCUT2D eigenvalue weighted by Gasteiger charge is -2.25. The molecule has 0 spiro atoms. The van der Waals surface area contributed by atoms with E-state index in [1.165, 1.54) is 30.3 Å². The van der Waals surface area contributed by atoms with Crippen LogP contribution in [0.15, 0.2) is 102 Å². The fourth-order valence-corrected chi connectivity index (χ4v) is 4.40. The van der Waals surface area contributed by atoms with Gasteiger partial charge >= 0.3 is 6.18 Å². The van der Waals surface area contributed by atoms with Gasteiger partial charge in [0, 0.05) is 41.5 Å². The minimum absolute atomic E-state index is 0.0981. The van der Waals surface area contributed by atoms with Gasteiger partial charge in [-0.2, -0.15) is 13.2 Å². The highest BCUT2D eigenvalue weighted by molar-refractivity contribution is 6.30. The molecule has 3 aromatic rings. The maximum absolute atomic E-state index is 13.2. The number of hydrogen-bond donors (Lipinski definition) is 5. The van der Waals surface area contributed by atoms with Gasteiger partial charge in [-0.15, -0.1) is 0 Å². The number of rotatable bonds is 8. The zero-order valence-electron chi connectivity index (χ0n) is 25.6. The van der Waals surface area contributed by atoms with Gasteiger partial charge in [-0.1, -0.05) is 41.9 Å². The summed E-state index contributed by atoms with van der Waals surface area (Å²) in [5.74, 6) is -0.457. The summed E-state index contributed by atoms with van der Waals surface area (Å²) < 4.78 is 45.8. The molecule has 3 aromatic carbocycles. The molecule has 2 amide bonds. The third kappa shape index (κ3) is 10.3. The van der Waals surface area contributed by atoms with E-state index in [9.17, 15) is 22.8 Å². The first-order chi connectivity index (χ1) is 21.6. The summed E-state index contributed by atoms with van der Waals surface area (Å²) in [5, 5.41) is 26.5.